The summed E-state index contributed by atoms with van der Waals surface area (Å²) in [5.41, 5.74) is 2.52. The van der Waals surface area contributed by atoms with Gasteiger partial charge in [0.05, 0.1) is 5.69 Å². The van der Waals surface area contributed by atoms with Crippen molar-refractivity contribution in [2.75, 3.05) is 20.1 Å². The standard InChI is InChI=1S/C9H13N3/c1-12-6-2-3-8(7-12)9-4-5-10-11-9/h3-5H,2,6-7H2,1H3,(H,10,11). The highest BCUT2D eigenvalue weighted by atomic mass is 15.1. The molecule has 12 heavy (non-hydrogen) atoms. The smallest absolute Gasteiger partial charge is 0.0619 e. The fourth-order valence-electron chi connectivity index (χ4n) is 1.52. The van der Waals surface area contributed by atoms with Crippen molar-refractivity contribution in [3.63, 3.8) is 0 Å². The Kier molecular flexibility index (Phi) is 1.96. The molecular weight excluding hydrogens is 150 g/mol. The van der Waals surface area contributed by atoms with Crippen molar-refractivity contribution in [1.82, 2.24) is 15.1 Å². The molecule has 0 fully saturated rings. The summed E-state index contributed by atoms with van der Waals surface area (Å²) in [7, 11) is 2.14. The number of likely N-dealkylation sites (N-methyl/N-ethyl adjacent to an activating group) is 1. The van der Waals surface area contributed by atoms with Crippen LogP contribution in [0.2, 0.25) is 0 Å². The Morgan fingerprint density at radius 1 is 1.58 bits per heavy atom. The predicted octanol–water partition coefficient (Wildman–Crippen LogP) is 1.13. The monoisotopic (exact) mass is 163 g/mol. The second-order valence-corrected chi connectivity index (χ2v) is 3.23. The summed E-state index contributed by atoms with van der Waals surface area (Å²) in [5.74, 6) is 0. The molecule has 64 valence electrons. The number of nitrogens with one attached hydrogen (secondary N) is 1. The molecular formula is C9H13N3. The molecule has 3 nitrogen and oxygen atoms in total. The SMILES string of the molecule is CN1CCC=C(c2ccn[nH]2)C1. The highest BCUT2D eigenvalue weighted by Gasteiger charge is 2.10. The van der Waals surface area contributed by atoms with E-state index in [2.05, 4.69) is 28.2 Å². The van der Waals surface area contributed by atoms with Crippen LogP contribution in [0.1, 0.15) is 12.1 Å². The van der Waals surface area contributed by atoms with Crippen LogP contribution in [0, 0.1) is 0 Å². The van der Waals surface area contributed by atoms with Gasteiger partial charge in [0.1, 0.15) is 0 Å². The van der Waals surface area contributed by atoms with Crippen molar-refractivity contribution in [2.45, 2.75) is 6.42 Å². The van der Waals surface area contributed by atoms with Gasteiger partial charge in [-0.2, -0.15) is 5.10 Å². The van der Waals surface area contributed by atoms with E-state index in [1.807, 2.05) is 6.07 Å². The highest BCUT2D eigenvalue weighted by molar-refractivity contribution is 5.64. The van der Waals surface area contributed by atoms with Gasteiger partial charge in [-0.15, -0.1) is 0 Å². The van der Waals surface area contributed by atoms with Gasteiger partial charge < -0.3 is 4.90 Å². The molecule has 1 aliphatic rings. The van der Waals surface area contributed by atoms with Crippen LogP contribution in [0.5, 0.6) is 0 Å². The van der Waals surface area contributed by atoms with Gasteiger partial charge in [0, 0.05) is 19.3 Å². The van der Waals surface area contributed by atoms with E-state index in [4.69, 9.17) is 0 Å². The topological polar surface area (TPSA) is 31.9 Å². The molecule has 0 unspecified atom stereocenters. The lowest BCUT2D eigenvalue weighted by Gasteiger charge is -2.21. The molecule has 3 heteroatoms. The van der Waals surface area contributed by atoms with E-state index in [0.29, 0.717) is 0 Å². The normalized spacial score (nSPS) is 19.2. The molecule has 1 aromatic rings. The van der Waals surface area contributed by atoms with Crippen molar-refractivity contribution in [1.29, 1.82) is 0 Å². The van der Waals surface area contributed by atoms with Crippen LogP contribution in [0.15, 0.2) is 18.3 Å². The minimum Gasteiger partial charge on any atom is -0.302 e. The minimum absolute atomic E-state index is 1.03. The third-order valence-electron chi connectivity index (χ3n) is 2.19. The van der Waals surface area contributed by atoms with E-state index < -0.39 is 0 Å². The maximum atomic E-state index is 3.94. The summed E-state index contributed by atoms with van der Waals surface area (Å²) in [5, 5.41) is 6.92. The van der Waals surface area contributed by atoms with Gasteiger partial charge in [-0.3, -0.25) is 5.10 Å². The number of aromatic nitrogens is 2. The maximum Gasteiger partial charge on any atom is 0.0619 e. The Labute approximate surface area is 72.1 Å². The molecule has 1 N–H and O–H groups in total. The van der Waals surface area contributed by atoms with Crippen LogP contribution in [-0.4, -0.2) is 35.2 Å². The van der Waals surface area contributed by atoms with Crippen LogP contribution in [0.25, 0.3) is 5.57 Å². The second kappa shape index (κ2) is 3.11. The fourth-order valence-corrected chi connectivity index (χ4v) is 1.52. The quantitative estimate of drug-likeness (QED) is 0.673. The molecule has 2 heterocycles. The van der Waals surface area contributed by atoms with Gasteiger partial charge in [0.25, 0.3) is 0 Å². The molecule has 2 rings (SSSR count). The molecule has 0 saturated heterocycles. The average molecular weight is 163 g/mol. The van der Waals surface area contributed by atoms with Gasteiger partial charge >= 0.3 is 0 Å². The lowest BCUT2D eigenvalue weighted by molar-refractivity contribution is 0.372. The highest BCUT2D eigenvalue weighted by Crippen LogP contribution is 2.16. The van der Waals surface area contributed by atoms with E-state index >= 15 is 0 Å². The maximum absolute atomic E-state index is 3.94. The molecule has 0 atom stereocenters. The number of nitrogens with zero attached hydrogens (tertiary/aromatic N) is 2. The van der Waals surface area contributed by atoms with Crippen molar-refractivity contribution >= 4 is 5.57 Å². The van der Waals surface area contributed by atoms with Crippen LogP contribution in [-0.2, 0) is 0 Å². The van der Waals surface area contributed by atoms with Gasteiger partial charge in [0.15, 0.2) is 0 Å². The Morgan fingerprint density at radius 2 is 2.50 bits per heavy atom. The fraction of sp³-hybridized carbons (Fsp3) is 0.444. The Bertz CT molecular complexity index is 274. The first-order valence-corrected chi connectivity index (χ1v) is 4.23. The number of H-pyrrole nitrogens is 1. The van der Waals surface area contributed by atoms with E-state index in [0.717, 1.165) is 25.2 Å². The Morgan fingerprint density at radius 3 is 3.17 bits per heavy atom. The Balaban J connectivity index is 2.19. The Hall–Kier alpha value is -1.09. The second-order valence-electron chi connectivity index (χ2n) is 3.23. The zero-order valence-corrected chi connectivity index (χ0v) is 7.25. The van der Waals surface area contributed by atoms with Crippen LogP contribution >= 0.6 is 0 Å². The third kappa shape index (κ3) is 1.41. The number of aromatic amines is 1. The first kappa shape index (κ1) is 7.55. The van der Waals surface area contributed by atoms with Gasteiger partial charge in [-0.1, -0.05) is 6.08 Å². The van der Waals surface area contributed by atoms with Crippen molar-refractivity contribution in [3.05, 3.63) is 24.0 Å². The summed E-state index contributed by atoms with van der Waals surface area (Å²) in [4.78, 5) is 2.32. The van der Waals surface area contributed by atoms with Crippen molar-refractivity contribution < 1.29 is 0 Å². The van der Waals surface area contributed by atoms with E-state index in [1.165, 1.54) is 5.57 Å². The van der Waals surface area contributed by atoms with Crippen LogP contribution < -0.4 is 0 Å². The van der Waals surface area contributed by atoms with Gasteiger partial charge in [0.2, 0.25) is 0 Å². The summed E-state index contributed by atoms with van der Waals surface area (Å²) in [6, 6.07) is 2.02. The number of hydrogen-bond donors (Lipinski definition) is 1. The first-order valence-electron chi connectivity index (χ1n) is 4.23. The summed E-state index contributed by atoms with van der Waals surface area (Å²) in [6.07, 6.45) is 5.23. The zero-order valence-electron chi connectivity index (χ0n) is 7.25. The van der Waals surface area contributed by atoms with E-state index in [1.54, 1.807) is 6.20 Å². The van der Waals surface area contributed by atoms with Gasteiger partial charge in [-0.25, -0.2) is 0 Å². The first-order chi connectivity index (χ1) is 5.86. The average Bonchev–Trinajstić information content (AvgIpc) is 2.56. The summed E-state index contributed by atoms with van der Waals surface area (Å²) in [6.45, 7) is 2.19. The number of hydrogen-bond acceptors (Lipinski definition) is 2. The molecule has 0 aliphatic carbocycles. The van der Waals surface area contributed by atoms with Crippen molar-refractivity contribution in [2.24, 2.45) is 0 Å². The predicted molar refractivity (Wildman–Crippen MR) is 48.7 cm³/mol. The summed E-state index contributed by atoms with van der Waals surface area (Å²) < 4.78 is 0. The molecule has 1 aromatic heterocycles. The molecule has 0 radical (unpaired) electrons. The van der Waals surface area contributed by atoms with Crippen LogP contribution in [0.4, 0.5) is 0 Å². The van der Waals surface area contributed by atoms with Crippen molar-refractivity contribution in [3.8, 4) is 0 Å². The number of rotatable bonds is 1. The molecule has 0 bridgehead atoms. The van der Waals surface area contributed by atoms with Crippen LogP contribution in [0.3, 0.4) is 0 Å². The lowest BCUT2D eigenvalue weighted by Crippen LogP contribution is -2.24. The van der Waals surface area contributed by atoms with E-state index in [-0.39, 0.29) is 0 Å². The van der Waals surface area contributed by atoms with E-state index in [9.17, 15) is 0 Å². The zero-order chi connectivity index (χ0) is 8.39. The minimum atomic E-state index is 1.03. The molecule has 1 aliphatic heterocycles. The molecule has 0 saturated carbocycles. The lowest BCUT2D eigenvalue weighted by atomic mass is 10.1. The largest absolute Gasteiger partial charge is 0.302 e. The molecule has 0 spiro atoms. The summed E-state index contributed by atoms with van der Waals surface area (Å²) >= 11 is 0. The third-order valence-corrected chi connectivity index (χ3v) is 2.19. The molecule has 0 aromatic carbocycles. The molecule has 0 amide bonds. The van der Waals surface area contributed by atoms with Gasteiger partial charge in [-0.05, 0) is 25.1 Å².